The van der Waals surface area contributed by atoms with Crippen molar-refractivity contribution < 1.29 is 21.6 Å². The van der Waals surface area contributed by atoms with Crippen molar-refractivity contribution in [1.29, 1.82) is 0 Å². The van der Waals surface area contributed by atoms with E-state index in [1.807, 2.05) is 26.0 Å². The lowest BCUT2D eigenvalue weighted by Crippen LogP contribution is -2.46. The zero-order valence-corrected chi connectivity index (χ0v) is 21.7. The molecular formula is C24H33N3O5S2. The highest BCUT2D eigenvalue weighted by Gasteiger charge is 2.34. The molecule has 34 heavy (non-hydrogen) atoms. The number of benzene rings is 2. The topological polar surface area (TPSA) is 113 Å². The zero-order valence-electron chi connectivity index (χ0n) is 20.1. The highest BCUT2D eigenvalue weighted by atomic mass is 32.2. The molecule has 1 aliphatic heterocycles. The Morgan fingerprint density at radius 1 is 0.941 bits per heavy atom. The van der Waals surface area contributed by atoms with Crippen LogP contribution in [-0.2, 0) is 24.8 Å². The van der Waals surface area contributed by atoms with Gasteiger partial charge in [-0.1, -0.05) is 35.4 Å². The summed E-state index contributed by atoms with van der Waals surface area (Å²) < 4.78 is 55.3. The van der Waals surface area contributed by atoms with E-state index < -0.39 is 26.0 Å². The monoisotopic (exact) mass is 507 g/mol. The van der Waals surface area contributed by atoms with E-state index in [1.165, 1.54) is 16.4 Å². The Balaban J connectivity index is 1.58. The van der Waals surface area contributed by atoms with Gasteiger partial charge in [-0.3, -0.25) is 4.79 Å². The predicted molar refractivity (Wildman–Crippen MR) is 132 cm³/mol. The first-order chi connectivity index (χ1) is 15.9. The molecule has 10 heteroatoms. The van der Waals surface area contributed by atoms with E-state index in [4.69, 9.17) is 0 Å². The molecular weight excluding hydrogens is 474 g/mol. The Morgan fingerprint density at radius 3 is 2.18 bits per heavy atom. The summed E-state index contributed by atoms with van der Waals surface area (Å²) in [5.41, 5.74) is 3.36. The first-order valence-corrected chi connectivity index (χ1v) is 14.3. The molecule has 0 spiro atoms. The second-order valence-corrected chi connectivity index (χ2v) is 12.6. The van der Waals surface area contributed by atoms with Crippen LogP contribution in [0, 0.1) is 33.6 Å². The molecule has 2 N–H and O–H groups in total. The number of carbonyl (C=O) groups excluding carboxylic acids is 1. The van der Waals surface area contributed by atoms with Crippen LogP contribution in [0.25, 0.3) is 0 Å². The molecule has 1 amide bonds. The smallest absolute Gasteiger partial charge is 0.243 e. The molecule has 1 fully saturated rings. The fourth-order valence-electron chi connectivity index (χ4n) is 4.39. The molecule has 0 unspecified atom stereocenters. The third-order valence-electron chi connectivity index (χ3n) is 6.01. The van der Waals surface area contributed by atoms with Crippen LogP contribution in [0.2, 0.25) is 0 Å². The van der Waals surface area contributed by atoms with Crippen molar-refractivity contribution in [2.45, 2.75) is 50.3 Å². The lowest BCUT2D eigenvalue weighted by atomic mass is 9.99. The molecule has 0 aromatic heterocycles. The van der Waals surface area contributed by atoms with E-state index in [0.29, 0.717) is 35.4 Å². The van der Waals surface area contributed by atoms with Gasteiger partial charge in [-0.2, -0.15) is 4.31 Å². The molecule has 0 radical (unpaired) electrons. The zero-order chi connectivity index (χ0) is 25.1. The number of nitrogens with one attached hydrogen (secondary N) is 2. The van der Waals surface area contributed by atoms with Crippen LogP contribution in [-0.4, -0.2) is 53.2 Å². The number of hydrogen-bond acceptors (Lipinski definition) is 5. The number of amides is 1. The molecule has 1 heterocycles. The maximum absolute atomic E-state index is 13.4. The Labute approximate surface area is 202 Å². The SMILES string of the molecule is Cc1ccc(S(=O)(=O)NCCNC(=O)[C@H]2CCCN(S(=O)(=O)c3c(C)cc(C)cc3C)C2)cc1. The van der Waals surface area contributed by atoms with Crippen LogP contribution in [0.1, 0.15) is 35.1 Å². The summed E-state index contributed by atoms with van der Waals surface area (Å²) in [7, 11) is -7.38. The van der Waals surface area contributed by atoms with Gasteiger partial charge in [-0.25, -0.2) is 21.6 Å². The van der Waals surface area contributed by atoms with Gasteiger partial charge in [-0.15, -0.1) is 0 Å². The number of hydrogen-bond donors (Lipinski definition) is 2. The Bertz CT molecular complexity index is 1230. The number of piperidine rings is 1. The molecule has 8 nitrogen and oxygen atoms in total. The third kappa shape index (κ3) is 6.04. The Hall–Kier alpha value is -2.27. The van der Waals surface area contributed by atoms with E-state index in [-0.39, 0.29) is 30.4 Å². The largest absolute Gasteiger partial charge is 0.355 e. The number of sulfonamides is 2. The van der Waals surface area contributed by atoms with Gasteiger partial charge in [0.15, 0.2) is 0 Å². The standard InChI is InChI=1S/C24H33N3O5S2/c1-17-7-9-22(10-8-17)33(29,30)26-12-11-25-24(28)21-6-5-13-27(16-21)34(31,32)23-19(3)14-18(2)15-20(23)4/h7-10,14-15,21,26H,5-6,11-13,16H2,1-4H3,(H,25,28)/t21-/m0/s1. The van der Waals surface area contributed by atoms with Crippen molar-refractivity contribution in [2.24, 2.45) is 5.92 Å². The van der Waals surface area contributed by atoms with Crippen molar-refractivity contribution in [1.82, 2.24) is 14.3 Å². The molecule has 1 atom stereocenters. The van der Waals surface area contributed by atoms with Crippen molar-refractivity contribution >= 4 is 26.0 Å². The van der Waals surface area contributed by atoms with Gasteiger partial charge in [0.05, 0.1) is 15.7 Å². The van der Waals surface area contributed by atoms with Crippen molar-refractivity contribution in [3.8, 4) is 0 Å². The van der Waals surface area contributed by atoms with Crippen LogP contribution in [0.3, 0.4) is 0 Å². The van der Waals surface area contributed by atoms with Crippen LogP contribution in [0.15, 0.2) is 46.2 Å². The van der Waals surface area contributed by atoms with Crippen molar-refractivity contribution in [2.75, 3.05) is 26.2 Å². The molecule has 186 valence electrons. The van der Waals surface area contributed by atoms with Gasteiger partial charge in [-0.05, 0) is 63.8 Å². The van der Waals surface area contributed by atoms with Gasteiger partial charge < -0.3 is 5.32 Å². The minimum Gasteiger partial charge on any atom is -0.355 e. The summed E-state index contributed by atoms with van der Waals surface area (Å²) in [5.74, 6) is -0.755. The summed E-state index contributed by atoms with van der Waals surface area (Å²) in [4.78, 5) is 13.2. The van der Waals surface area contributed by atoms with E-state index in [1.54, 1.807) is 26.0 Å². The highest BCUT2D eigenvalue weighted by molar-refractivity contribution is 7.89. The summed E-state index contributed by atoms with van der Waals surface area (Å²) in [5, 5.41) is 2.74. The van der Waals surface area contributed by atoms with Crippen molar-refractivity contribution in [3.63, 3.8) is 0 Å². The number of carbonyl (C=O) groups is 1. The average molecular weight is 508 g/mol. The number of rotatable bonds is 8. The van der Waals surface area contributed by atoms with E-state index in [0.717, 1.165) is 11.1 Å². The summed E-state index contributed by atoms with van der Waals surface area (Å²) >= 11 is 0. The molecule has 0 aliphatic carbocycles. The molecule has 0 saturated carbocycles. The van der Waals surface area contributed by atoms with Gasteiger partial charge in [0.25, 0.3) is 0 Å². The molecule has 1 saturated heterocycles. The maximum Gasteiger partial charge on any atom is 0.243 e. The Kier molecular flexibility index (Phi) is 8.18. The first kappa shape index (κ1) is 26.3. The number of nitrogens with zero attached hydrogens (tertiary/aromatic N) is 1. The van der Waals surface area contributed by atoms with Gasteiger partial charge >= 0.3 is 0 Å². The molecule has 0 bridgehead atoms. The normalized spacial score (nSPS) is 17.5. The summed E-state index contributed by atoms with van der Waals surface area (Å²) in [6.07, 6.45) is 1.17. The molecule has 2 aromatic rings. The lowest BCUT2D eigenvalue weighted by Gasteiger charge is -2.32. The van der Waals surface area contributed by atoms with Gasteiger partial charge in [0.1, 0.15) is 0 Å². The van der Waals surface area contributed by atoms with Crippen molar-refractivity contribution in [3.05, 3.63) is 58.7 Å². The summed E-state index contributed by atoms with van der Waals surface area (Å²) in [6, 6.07) is 10.2. The highest BCUT2D eigenvalue weighted by Crippen LogP contribution is 2.28. The average Bonchev–Trinajstić information content (AvgIpc) is 2.76. The molecule has 2 aromatic carbocycles. The predicted octanol–water partition coefficient (Wildman–Crippen LogP) is 2.42. The first-order valence-electron chi connectivity index (χ1n) is 11.3. The lowest BCUT2D eigenvalue weighted by molar-refractivity contribution is -0.126. The second kappa shape index (κ2) is 10.6. The summed E-state index contributed by atoms with van der Waals surface area (Å²) in [6.45, 7) is 8.02. The number of aryl methyl sites for hydroxylation is 4. The third-order valence-corrected chi connectivity index (χ3v) is 9.65. The van der Waals surface area contributed by atoms with E-state index in [9.17, 15) is 21.6 Å². The van der Waals surface area contributed by atoms with E-state index in [2.05, 4.69) is 10.0 Å². The quantitative estimate of drug-likeness (QED) is 0.533. The van der Waals surface area contributed by atoms with Crippen LogP contribution >= 0.6 is 0 Å². The molecule has 1 aliphatic rings. The maximum atomic E-state index is 13.4. The van der Waals surface area contributed by atoms with Gasteiger partial charge in [0, 0.05) is 26.2 Å². The minimum absolute atomic E-state index is 0.0401. The van der Waals surface area contributed by atoms with Gasteiger partial charge in [0.2, 0.25) is 26.0 Å². The van der Waals surface area contributed by atoms with Crippen LogP contribution in [0.5, 0.6) is 0 Å². The van der Waals surface area contributed by atoms with Crippen LogP contribution < -0.4 is 10.0 Å². The molecule has 3 rings (SSSR count). The fraction of sp³-hybridized carbons (Fsp3) is 0.458. The van der Waals surface area contributed by atoms with E-state index >= 15 is 0 Å². The minimum atomic E-state index is -3.72. The Morgan fingerprint density at radius 2 is 1.56 bits per heavy atom. The van der Waals surface area contributed by atoms with Crippen LogP contribution in [0.4, 0.5) is 0 Å². The second-order valence-electron chi connectivity index (χ2n) is 8.93. The fourth-order valence-corrected chi connectivity index (χ4v) is 7.36.